The van der Waals surface area contributed by atoms with Crippen LogP contribution >= 0.6 is 0 Å². The van der Waals surface area contributed by atoms with Gasteiger partial charge in [-0.05, 0) is 40.5 Å². The number of carbonyl (C=O) groups excluding carboxylic acids is 1. The minimum absolute atomic E-state index is 0.0474. The Kier molecular flexibility index (Phi) is 6.60. The number of aliphatic hydroxyl groups is 1. The van der Waals surface area contributed by atoms with Gasteiger partial charge in [0.05, 0.1) is 18.2 Å². The maximum absolute atomic E-state index is 12.6. The maximum atomic E-state index is 12.6. The first-order valence-corrected chi connectivity index (χ1v) is 8.13. The third-order valence-electron chi connectivity index (χ3n) is 3.80. The van der Waals surface area contributed by atoms with Gasteiger partial charge in [0.15, 0.2) is 0 Å². The van der Waals surface area contributed by atoms with E-state index in [2.05, 4.69) is 18.9 Å². The van der Waals surface area contributed by atoms with Crippen LogP contribution in [0.2, 0.25) is 0 Å². The molecular weight excluding hydrogens is 278 g/mol. The monoisotopic (exact) mass is 309 g/mol. The molecule has 1 heterocycles. The maximum Gasteiger partial charge on any atom is 0.227 e. The van der Waals surface area contributed by atoms with Crippen LogP contribution in [0.5, 0.6) is 0 Å². The van der Waals surface area contributed by atoms with E-state index in [0.29, 0.717) is 18.9 Å². The highest BCUT2D eigenvalue weighted by Crippen LogP contribution is 2.17. The van der Waals surface area contributed by atoms with Crippen LogP contribution in [0.25, 0.3) is 0 Å². The molecule has 0 aliphatic rings. The summed E-state index contributed by atoms with van der Waals surface area (Å²) in [6, 6.07) is 0.0772. The topological polar surface area (TPSA) is 58.4 Å². The Labute approximate surface area is 134 Å². The third kappa shape index (κ3) is 4.83. The van der Waals surface area contributed by atoms with Gasteiger partial charge in [-0.15, -0.1) is 0 Å². The number of aryl methyl sites for hydroxylation is 1. The van der Waals surface area contributed by atoms with Crippen LogP contribution in [0.3, 0.4) is 0 Å². The minimum Gasteiger partial charge on any atom is -0.392 e. The van der Waals surface area contributed by atoms with Crippen molar-refractivity contribution in [3.8, 4) is 0 Å². The first-order chi connectivity index (χ1) is 10.1. The standard InChI is InChI=1S/C17H31N3O2/c1-11(2)9-20-15(7)16(14(6)18-20)8-17(22)19(12(3)4)10-13(5)21/h11-13,21H,8-10H2,1-7H3. The molecule has 0 fully saturated rings. The van der Waals surface area contributed by atoms with Crippen LogP contribution in [0.15, 0.2) is 0 Å². The van der Waals surface area contributed by atoms with Gasteiger partial charge in [0.25, 0.3) is 0 Å². The second-order valence-electron chi connectivity index (χ2n) is 6.89. The fraction of sp³-hybridized carbons (Fsp3) is 0.765. The van der Waals surface area contributed by atoms with E-state index in [4.69, 9.17) is 0 Å². The number of hydrogen-bond donors (Lipinski definition) is 1. The summed E-state index contributed by atoms with van der Waals surface area (Å²) in [7, 11) is 0. The summed E-state index contributed by atoms with van der Waals surface area (Å²) < 4.78 is 2.00. The molecule has 0 radical (unpaired) electrons. The molecule has 0 bridgehead atoms. The van der Waals surface area contributed by atoms with Gasteiger partial charge in [0.2, 0.25) is 5.91 Å². The first kappa shape index (κ1) is 18.7. The van der Waals surface area contributed by atoms with Crippen LogP contribution in [-0.4, -0.2) is 44.4 Å². The van der Waals surface area contributed by atoms with Crippen molar-refractivity contribution in [1.82, 2.24) is 14.7 Å². The van der Waals surface area contributed by atoms with Crippen molar-refractivity contribution >= 4 is 5.91 Å². The molecule has 0 aliphatic heterocycles. The van der Waals surface area contributed by atoms with E-state index in [-0.39, 0.29) is 11.9 Å². The van der Waals surface area contributed by atoms with Crippen molar-refractivity contribution in [2.45, 2.75) is 73.6 Å². The first-order valence-electron chi connectivity index (χ1n) is 8.13. The summed E-state index contributed by atoms with van der Waals surface area (Å²) in [6.07, 6.45) is -0.169. The van der Waals surface area contributed by atoms with Crippen LogP contribution in [0.1, 0.15) is 51.6 Å². The molecule has 0 saturated carbocycles. The Morgan fingerprint density at radius 1 is 1.23 bits per heavy atom. The number of aliphatic hydroxyl groups excluding tert-OH is 1. The van der Waals surface area contributed by atoms with Gasteiger partial charge in [-0.3, -0.25) is 9.48 Å². The molecule has 5 heteroatoms. The van der Waals surface area contributed by atoms with Gasteiger partial charge in [-0.25, -0.2) is 0 Å². The predicted molar refractivity (Wildman–Crippen MR) is 88.8 cm³/mol. The van der Waals surface area contributed by atoms with Crippen molar-refractivity contribution in [3.63, 3.8) is 0 Å². The predicted octanol–water partition coefficient (Wildman–Crippen LogP) is 2.32. The van der Waals surface area contributed by atoms with Gasteiger partial charge < -0.3 is 10.0 Å². The number of hydrogen-bond acceptors (Lipinski definition) is 3. The molecule has 126 valence electrons. The Morgan fingerprint density at radius 2 is 1.82 bits per heavy atom. The molecule has 1 atom stereocenters. The lowest BCUT2D eigenvalue weighted by molar-refractivity contribution is -0.133. The highest BCUT2D eigenvalue weighted by atomic mass is 16.3. The smallest absolute Gasteiger partial charge is 0.227 e. The molecular formula is C17H31N3O2. The molecule has 0 spiro atoms. The zero-order chi connectivity index (χ0) is 17.0. The largest absolute Gasteiger partial charge is 0.392 e. The summed E-state index contributed by atoms with van der Waals surface area (Å²) in [5.74, 6) is 0.565. The van der Waals surface area contributed by atoms with Crippen molar-refractivity contribution in [1.29, 1.82) is 0 Å². The van der Waals surface area contributed by atoms with Gasteiger partial charge in [-0.1, -0.05) is 13.8 Å². The summed E-state index contributed by atoms with van der Waals surface area (Å²) in [5.41, 5.74) is 3.01. The van der Waals surface area contributed by atoms with E-state index in [0.717, 1.165) is 23.5 Å². The molecule has 0 aliphatic carbocycles. The van der Waals surface area contributed by atoms with E-state index in [1.54, 1.807) is 11.8 Å². The van der Waals surface area contributed by atoms with Crippen molar-refractivity contribution in [2.24, 2.45) is 5.92 Å². The minimum atomic E-state index is -0.516. The lowest BCUT2D eigenvalue weighted by Crippen LogP contribution is -2.42. The third-order valence-corrected chi connectivity index (χ3v) is 3.80. The van der Waals surface area contributed by atoms with E-state index in [1.165, 1.54) is 0 Å². The second-order valence-corrected chi connectivity index (χ2v) is 6.89. The van der Waals surface area contributed by atoms with Crippen LogP contribution in [0.4, 0.5) is 0 Å². The molecule has 1 unspecified atom stereocenters. The zero-order valence-corrected chi connectivity index (χ0v) is 15.1. The Morgan fingerprint density at radius 3 is 2.27 bits per heavy atom. The summed E-state index contributed by atoms with van der Waals surface area (Å²) in [6.45, 7) is 15.2. The Balaban J connectivity index is 2.93. The van der Waals surface area contributed by atoms with Crippen LogP contribution < -0.4 is 0 Å². The summed E-state index contributed by atoms with van der Waals surface area (Å²) >= 11 is 0. The number of rotatable bonds is 7. The van der Waals surface area contributed by atoms with Crippen LogP contribution in [0, 0.1) is 19.8 Å². The van der Waals surface area contributed by atoms with Crippen LogP contribution in [-0.2, 0) is 17.8 Å². The average Bonchev–Trinajstić information content (AvgIpc) is 2.62. The average molecular weight is 309 g/mol. The van der Waals surface area contributed by atoms with Gasteiger partial charge in [0.1, 0.15) is 0 Å². The molecule has 0 saturated heterocycles. The van der Waals surface area contributed by atoms with Crippen molar-refractivity contribution < 1.29 is 9.90 Å². The molecule has 22 heavy (non-hydrogen) atoms. The molecule has 1 N–H and O–H groups in total. The SMILES string of the molecule is Cc1nn(CC(C)C)c(C)c1CC(=O)N(CC(C)O)C(C)C. The molecule has 5 nitrogen and oxygen atoms in total. The molecule has 1 aromatic rings. The molecule has 0 aromatic carbocycles. The number of carbonyl (C=O) groups is 1. The van der Waals surface area contributed by atoms with E-state index in [1.807, 2.05) is 32.4 Å². The lowest BCUT2D eigenvalue weighted by atomic mass is 10.1. The van der Waals surface area contributed by atoms with Gasteiger partial charge in [0, 0.05) is 30.4 Å². The van der Waals surface area contributed by atoms with E-state index >= 15 is 0 Å². The van der Waals surface area contributed by atoms with Gasteiger partial charge >= 0.3 is 0 Å². The quantitative estimate of drug-likeness (QED) is 0.841. The highest BCUT2D eigenvalue weighted by Gasteiger charge is 2.22. The summed E-state index contributed by atoms with van der Waals surface area (Å²) in [4.78, 5) is 14.3. The number of amides is 1. The second kappa shape index (κ2) is 7.77. The zero-order valence-electron chi connectivity index (χ0n) is 15.1. The number of aromatic nitrogens is 2. The van der Waals surface area contributed by atoms with E-state index < -0.39 is 6.10 Å². The Hall–Kier alpha value is -1.36. The Bertz CT molecular complexity index is 504. The van der Waals surface area contributed by atoms with Crippen molar-refractivity contribution in [2.75, 3.05) is 6.54 Å². The molecule has 1 rings (SSSR count). The highest BCUT2D eigenvalue weighted by molar-refractivity contribution is 5.79. The molecule has 1 aromatic heterocycles. The number of nitrogens with zero attached hydrogens (tertiary/aromatic N) is 3. The van der Waals surface area contributed by atoms with Gasteiger partial charge in [-0.2, -0.15) is 5.10 Å². The van der Waals surface area contributed by atoms with E-state index in [9.17, 15) is 9.90 Å². The fourth-order valence-corrected chi connectivity index (χ4v) is 2.65. The lowest BCUT2D eigenvalue weighted by Gasteiger charge is -2.28. The normalized spacial score (nSPS) is 13.0. The summed E-state index contributed by atoms with van der Waals surface area (Å²) in [5, 5.41) is 14.2. The fourth-order valence-electron chi connectivity index (χ4n) is 2.65. The molecule has 1 amide bonds. The van der Waals surface area contributed by atoms with Crippen molar-refractivity contribution in [3.05, 3.63) is 17.0 Å².